The van der Waals surface area contributed by atoms with Gasteiger partial charge in [-0.2, -0.15) is 11.8 Å². The highest BCUT2D eigenvalue weighted by atomic mass is 32.2. The Labute approximate surface area is 104 Å². The normalized spacial score (nSPS) is 12.2. The molecule has 0 aliphatic heterocycles. The van der Waals surface area contributed by atoms with E-state index < -0.39 is 4.92 Å². The zero-order chi connectivity index (χ0) is 12.8. The molecule has 0 aliphatic rings. The number of anilines is 1. The van der Waals surface area contributed by atoms with Gasteiger partial charge < -0.3 is 10.4 Å². The van der Waals surface area contributed by atoms with Crippen molar-refractivity contribution >= 4 is 23.1 Å². The Bertz CT molecular complexity index is 398. The zero-order valence-electron chi connectivity index (χ0n) is 9.84. The monoisotopic (exact) mass is 256 g/mol. The number of rotatable bonds is 6. The van der Waals surface area contributed by atoms with Gasteiger partial charge in [0.15, 0.2) is 0 Å². The molecule has 5 nitrogen and oxygen atoms in total. The van der Waals surface area contributed by atoms with Gasteiger partial charge in [-0.1, -0.05) is 13.0 Å². The SMILES string of the molecule is CNc1ccc(CSC(C)CO)cc1[N+](=O)[O-]. The second-order valence-electron chi connectivity index (χ2n) is 3.66. The molecule has 0 bridgehead atoms. The first-order chi connectivity index (χ1) is 8.08. The van der Waals surface area contributed by atoms with Gasteiger partial charge in [0.05, 0.1) is 11.5 Å². The van der Waals surface area contributed by atoms with E-state index in [-0.39, 0.29) is 17.5 Å². The number of aliphatic hydroxyl groups excluding tert-OH is 1. The van der Waals surface area contributed by atoms with Gasteiger partial charge in [0.2, 0.25) is 0 Å². The van der Waals surface area contributed by atoms with Crippen molar-refractivity contribution in [3.63, 3.8) is 0 Å². The van der Waals surface area contributed by atoms with Gasteiger partial charge in [0.1, 0.15) is 5.69 Å². The molecular formula is C11H16N2O3S. The predicted octanol–water partition coefficient (Wildman–Crippen LogP) is 2.25. The molecule has 94 valence electrons. The van der Waals surface area contributed by atoms with Crippen LogP contribution >= 0.6 is 11.8 Å². The highest BCUT2D eigenvalue weighted by Crippen LogP contribution is 2.27. The Kier molecular flexibility index (Phi) is 5.24. The van der Waals surface area contributed by atoms with Crippen molar-refractivity contribution in [3.05, 3.63) is 33.9 Å². The van der Waals surface area contributed by atoms with E-state index in [1.54, 1.807) is 30.9 Å². The molecule has 2 N–H and O–H groups in total. The van der Waals surface area contributed by atoms with Gasteiger partial charge in [-0.3, -0.25) is 10.1 Å². The Balaban J connectivity index is 2.81. The number of benzene rings is 1. The molecule has 0 spiro atoms. The van der Waals surface area contributed by atoms with Gasteiger partial charge in [-0.05, 0) is 11.6 Å². The van der Waals surface area contributed by atoms with E-state index in [1.165, 1.54) is 0 Å². The maximum absolute atomic E-state index is 10.8. The first kappa shape index (κ1) is 13.8. The van der Waals surface area contributed by atoms with E-state index in [0.717, 1.165) is 5.56 Å². The van der Waals surface area contributed by atoms with Crippen molar-refractivity contribution in [2.45, 2.75) is 17.9 Å². The van der Waals surface area contributed by atoms with Crippen LogP contribution in [0.3, 0.4) is 0 Å². The number of nitro benzene ring substituents is 1. The summed E-state index contributed by atoms with van der Waals surface area (Å²) in [5, 5.41) is 22.7. The van der Waals surface area contributed by atoms with Crippen LogP contribution in [0.1, 0.15) is 12.5 Å². The summed E-state index contributed by atoms with van der Waals surface area (Å²) < 4.78 is 0. The average Bonchev–Trinajstić information content (AvgIpc) is 2.35. The molecule has 17 heavy (non-hydrogen) atoms. The van der Waals surface area contributed by atoms with Crippen molar-refractivity contribution in [2.75, 3.05) is 19.0 Å². The Hall–Kier alpha value is -1.27. The van der Waals surface area contributed by atoms with E-state index in [2.05, 4.69) is 5.32 Å². The lowest BCUT2D eigenvalue weighted by atomic mass is 10.2. The third kappa shape index (κ3) is 3.90. The van der Waals surface area contributed by atoms with E-state index in [1.807, 2.05) is 13.0 Å². The van der Waals surface area contributed by atoms with E-state index in [4.69, 9.17) is 5.11 Å². The van der Waals surface area contributed by atoms with Crippen LogP contribution in [0, 0.1) is 10.1 Å². The summed E-state index contributed by atoms with van der Waals surface area (Å²) in [5.41, 5.74) is 1.49. The lowest BCUT2D eigenvalue weighted by molar-refractivity contribution is -0.384. The molecule has 0 aliphatic carbocycles. The van der Waals surface area contributed by atoms with Gasteiger partial charge >= 0.3 is 0 Å². The number of nitrogens with zero attached hydrogens (tertiary/aromatic N) is 1. The zero-order valence-corrected chi connectivity index (χ0v) is 10.7. The number of hydrogen-bond acceptors (Lipinski definition) is 5. The molecule has 0 fully saturated rings. The third-order valence-corrected chi connectivity index (χ3v) is 3.54. The highest BCUT2D eigenvalue weighted by molar-refractivity contribution is 7.99. The molecular weight excluding hydrogens is 240 g/mol. The number of thioether (sulfide) groups is 1. The maximum Gasteiger partial charge on any atom is 0.292 e. The van der Waals surface area contributed by atoms with Crippen LogP contribution in [0.15, 0.2) is 18.2 Å². The van der Waals surface area contributed by atoms with Crippen molar-refractivity contribution in [2.24, 2.45) is 0 Å². The molecule has 0 amide bonds. The predicted molar refractivity (Wildman–Crippen MR) is 70.5 cm³/mol. The van der Waals surface area contributed by atoms with Gasteiger partial charge in [-0.25, -0.2) is 0 Å². The molecule has 0 saturated carbocycles. The van der Waals surface area contributed by atoms with Crippen LogP contribution < -0.4 is 5.32 Å². The van der Waals surface area contributed by atoms with Gasteiger partial charge in [-0.15, -0.1) is 0 Å². The molecule has 6 heteroatoms. The van der Waals surface area contributed by atoms with Crippen molar-refractivity contribution in [1.29, 1.82) is 0 Å². The second kappa shape index (κ2) is 6.46. The van der Waals surface area contributed by atoms with E-state index >= 15 is 0 Å². The van der Waals surface area contributed by atoms with Crippen LogP contribution in [-0.2, 0) is 5.75 Å². The lowest BCUT2D eigenvalue weighted by Gasteiger charge is -2.08. The summed E-state index contributed by atoms with van der Waals surface area (Å²) in [5.74, 6) is 0.659. The van der Waals surface area contributed by atoms with E-state index in [0.29, 0.717) is 11.4 Å². The fourth-order valence-electron chi connectivity index (χ4n) is 1.32. The minimum Gasteiger partial charge on any atom is -0.395 e. The molecule has 0 aromatic heterocycles. The second-order valence-corrected chi connectivity index (χ2v) is 5.09. The number of nitrogens with one attached hydrogen (secondary N) is 1. The largest absolute Gasteiger partial charge is 0.395 e. The smallest absolute Gasteiger partial charge is 0.292 e. The van der Waals surface area contributed by atoms with Gasteiger partial charge in [0, 0.05) is 24.1 Å². The summed E-state index contributed by atoms with van der Waals surface area (Å²) in [6, 6.07) is 5.14. The number of aliphatic hydroxyl groups is 1. The summed E-state index contributed by atoms with van der Waals surface area (Å²) in [4.78, 5) is 10.5. The van der Waals surface area contributed by atoms with Crippen LogP contribution in [0.2, 0.25) is 0 Å². The highest BCUT2D eigenvalue weighted by Gasteiger charge is 2.13. The lowest BCUT2D eigenvalue weighted by Crippen LogP contribution is -2.03. The summed E-state index contributed by atoms with van der Waals surface area (Å²) in [6.45, 7) is 2.03. The molecule has 1 rings (SSSR count). The van der Waals surface area contributed by atoms with Crippen molar-refractivity contribution in [1.82, 2.24) is 0 Å². The maximum atomic E-state index is 10.8. The van der Waals surface area contributed by atoms with Crippen LogP contribution in [0.4, 0.5) is 11.4 Å². The van der Waals surface area contributed by atoms with Crippen molar-refractivity contribution < 1.29 is 10.0 Å². The molecule has 0 heterocycles. The van der Waals surface area contributed by atoms with Crippen molar-refractivity contribution in [3.8, 4) is 0 Å². The summed E-state index contributed by atoms with van der Waals surface area (Å²) in [6.07, 6.45) is 0. The first-order valence-corrected chi connectivity index (χ1v) is 6.31. The topological polar surface area (TPSA) is 75.4 Å². The molecule has 1 aromatic rings. The quantitative estimate of drug-likeness (QED) is 0.603. The van der Waals surface area contributed by atoms with Gasteiger partial charge in [0.25, 0.3) is 5.69 Å². The molecule has 1 aromatic carbocycles. The minimum absolute atomic E-state index is 0.0854. The Morgan fingerprint density at radius 3 is 2.82 bits per heavy atom. The Morgan fingerprint density at radius 2 is 2.29 bits per heavy atom. The van der Waals surface area contributed by atoms with Crippen LogP contribution in [0.5, 0.6) is 0 Å². The molecule has 0 radical (unpaired) electrons. The number of nitro groups is 1. The Morgan fingerprint density at radius 1 is 1.59 bits per heavy atom. The number of hydrogen-bond donors (Lipinski definition) is 2. The fraction of sp³-hybridized carbons (Fsp3) is 0.455. The first-order valence-electron chi connectivity index (χ1n) is 5.26. The standard InChI is InChI=1S/C11H16N2O3S/c1-8(6-14)17-7-9-3-4-10(12-2)11(5-9)13(15)16/h3-5,8,12,14H,6-7H2,1-2H3. The van der Waals surface area contributed by atoms with E-state index in [9.17, 15) is 10.1 Å². The fourth-order valence-corrected chi connectivity index (χ4v) is 2.08. The summed E-state index contributed by atoms with van der Waals surface area (Å²) >= 11 is 1.57. The average molecular weight is 256 g/mol. The third-order valence-electron chi connectivity index (χ3n) is 2.32. The molecule has 1 unspecified atom stereocenters. The van der Waals surface area contributed by atoms with Crippen LogP contribution in [-0.4, -0.2) is 28.9 Å². The molecule has 1 atom stereocenters. The van der Waals surface area contributed by atoms with Crippen LogP contribution in [0.25, 0.3) is 0 Å². The summed E-state index contributed by atoms with van der Waals surface area (Å²) in [7, 11) is 1.66. The minimum atomic E-state index is -0.393. The molecule has 0 saturated heterocycles.